The van der Waals surface area contributed by atoms with Crippen LogP contribution in [-0.4, -0.2) is 49.3 Å². The first-order valence-electron chi connectivity index (χ1n) is 18.2. The van der Waals surface area contributed by atoms with Gasteiger partial charge in [0.2, 0.25) is 0 Å². The summed E-state index contributed by atoms with van der Waals surface area (Å²) in [6.45, 7) is 3.69. The van der Waals surface area contributed by atoms with Gasteiger partial charge in [-0.2, -0.15) is 0 Å². The van der Waals surface area contributed by atoms with E-state index in [9.17, 15) is 19.0 Å². The molecule has 10 heteroatoms. The highest BCUT2D eigenvalue weighted by Gasteiger charge is 2.25. The van der Waals surface area contributed by atoms with E-state index in [-0.39, 0.29) is 38.6 Å². The molecule has 0 aliphatic rings. The number of unbranched alkanes of at least 4 members (excludes halogenated alkanes) is 19. The summed E-state index contributed by atoms with van der Waals surface area (Å²) >= 11 is 0. The minimum atomic E-state index is -4.36. The van der Waals surface area contributed by atoms with Gasteiger partial charge in [0.15, 0.2) is 6.10 Å². The topological polar surface area (TPSA) is 134 Å². The zero-order valence-corrected chi connectivity index (χ0v) is 29.8. The normalized spacial score (nSPS) is 13.6. The van der Waals surface area contributed by atoms with E-state index < -0.39 is 26.5 Å². The molecule has 0 fully saturated rings. The lowest BCUT2D eigenvalue weighted by molar-refractivity contribution is -0.161. The van der Waals surface area contributed by atoms with Crippen molar-refractivity contribution in [3.05, 3.63) is 12.2 Å². The number of carbonyl (C=O) groups excluding carboxylic acids is 2. The third kappa shape index (κ3) is 32.5. The van der Waals surface area contributed by atoms with Crippen LogP contribution in [0, 0.1) is 0 Å². The Morgan fingerprint density at radius 3 is 1.58 bits per heavy atom. The highest BCUT2D eigenvalue weighted by atomic mass is 31.2. The zero-order chi connectivity index (χ0) is 33.3. The van der Waals surface area contributed by atoms with Gasteiger partial charge in [-0.05, 0) is 38.5 Å². The van der Waals surface area contributed by atoms with Gasteiger partial charge in [-0.25, -0.2) is 4.57 Å². The second kappa shape index (κ2) is 32.7. The summed E-state index contributed by atoms with van der Waals surface area (Å²) in [6, 6.07) is 0. The molecule has 1 unspecified atom stereocenters. The van der Waals surface area contributed by atoms with Crippen molar-refractivity contribution in [2.45, 2.75) is 174 Å². The quantitative estimate of drug-likeness (QED) is 0.0299. The fourth-order valence-electron chi connectivity index (χ4n) is 4.92. The fourth-order valence-corrected chi connectivity index (χ4v) is 5.69. The van der Waals surface area contributed by atoms with Crippen molar-refractivity contribution in [2.75, 3.05) is 26.4 Å². The van der Waals surface area contributed by atoms with Crippen LogP contribution in [0.4, 0.5) is 0 Å². The van der Waals surface area contributed by atoms with Crippen LogP contribution < -0.4 is 5.73 Å². The maximum atomic E-state index is 12.4. The molecular weight excluding hydrogens is 593 g/mol. The Kier molecular flexibility index (Phi) is 31.8. The summed E-state index contributed by atoms with van der Waals surface area (Å²) < 4.78 is 32.5. The van der Waals surface area contributed by atoms with Gasteiger partial charge in [-0.3, -0.25) is 18.6 Å². The summed E-state index contributed by atoms with van der Waals surface area (Å²) in [7, 11) is -4.36. The lowest BCUT2D eigenvalue weighted by atomic mass is 10.1. The van der Waals surface area contributed by atoms with E-state index >= 15 is 0 Å². The summed E-state index contributed by atoms with van der Waals surface area (Å²) in [5.41, 5.74) is 5.32. The predicted molar refractivity (Wildman–Crippen MR) is 183 cm³/mol. The Hall–Kier alpha value is -1.25. The first-order valence-corrected chi connectivity index (χ1v) is 19.7. The fraction of sp³-hybridized carbons (Fsp3) is 0.886. The number of carbonyl (C=O) groups is 2. The van der Waals surface area contributed by atoms with Crippen LogP contribution in [0.1, 0.15) is 168 Å². The Morgan fingerprint density at radius 2 is 1.09 bits per heavy atom. The number of rotatable bonds is 34. The molecule has 2 atom stereocenters. The van der Waals surface area contributed by atoms with E-state index in [1.54, 1.807) is 0 Å². The number of nitrogens with two attached hydrogens (primary N) is 1. The number of allylic oxidation sites excluding steroid dienone is 2. The number of ether oxygens (including phenoxy) is 2. The average Bonchev–Trinajstić information content (AvgIpc) is 3.02. The molecule has 0 spiro atoms. The van der Waals surface area contributed by atoms with Gasteiger partial charge >= 0.3 is 19.8 Å². The molecule has 0 bridgehead atoms. The minimum Gasteiger partial charge on any atom is -0.462 e. The molecule has 0 saturated heterocycles. The average molecular weight is 662 g/mol. The molecule has 0 rings (SSSR count). The van der Waals surface area contributed by atoms with Crippen LogP contribution >= 0.6 is 7.82 Å². The summed E-state index contributed by atoms with van der Waals surface area (Å²) in [6.07, 6.45) is 29.6. The van der Waals surface area contributed by atoms with Crippen molar-refractivity contribution in [2.24, 2.45) is 5.73 Å². The molecule has 0 amide bonds. The van der Waals surface area contributed by atoms with Crippen molar-refractivity contribution in [3.8, 4) is 0 Å². The summed E-state index contributed by atoms with van der Waals surface area (Å²) in [5, 5.41) is 0. The highest BCUT2D eigenvalue weighted by Crippen LogP contribution is 2.43. The molecule has 0 aromatic heterocycles. The number of phosphoric ester groups is 1. The van der Waals surface area contributed by atoms with E-state index in [4.69, 9.17) is 24.3 Å². The molecule has 0 saturated carbocycles. The van der Waals surface area contributed by atoms with Crippen LogP contribution in [0.3, 0.4) is 0 Å². The van der Waals surface area contributed by atoms with E-state index in [0.717, 1.165) is 51.4 Å². The number of phosphoric acid groups is 1. The van der Waals surface area contributed by atoms with Gasteiger partial charge in [0.1, 0.15) is 6.61 Å². The van der Waals surface area contributed by atoms with Crippen molar-refractivity contribution in [1.29, 1.82) is 0 Å². The third-order valence-corrected chi connectivity index (χ3v) is 8.64. The molecular formula is C35H68NO8P. The highest BCUT2D eigenvalue weighted by molar-refractivity contribution is 7.47. The lowest BCUT2D eigenvalue weighted by Crippen LogP contribution is -2.29. The number of hydrogen-bond acceptors (Lipinski definition) is 8. The molecule has 3 N–H and O–H groups in total. The first-order chi connectivity index (χ1) is 21.8. The standard InChI is InChI=1S/C35H68NO8P/c1-3-5-7-9-11-13-15-16-17-18-20-21-23-25-27-34(37)41-31-33(32-43-45(39,40)42-30-29-36)44-35(38)28-26-24-22-19-14-12-10-8-6-4-2/h15-16,33H,3-14,17-32,36H2,1-2H3,(H,39,40)/b16-15-/t33-/m1/s1. The number of esters is 2. The van der Waals surface area contributed by atoms with Crippen LogP contribution in [-0.2, 0) is 32.7 Å². The van der Waals surface area contributed by atoms with E-state index in [1.807, 2.05) is 0 Å². The van der Waals surface area contributed by atoms with Crippen molar-refractivity contribution in [1.82, 2.24) is 0 Å². The molecule has 9 nitrogen and oxygen atoms in total. The Morgan fingerprint density at radius 1 is 0.644 bits per heavy atom. The van der Waals surface area contributed by atoms with Gasteiger partial charge in [0.25, 0.3) is 0 Å². The molecule has 0 radical (unpaired) electrons. The van der Waals surface area contributed by atoms with Crippen molar-refractivity contribution < 1.29 is 37.6 Å². The molecule has 0 aliphatic carbocycles. The van der Waals surface area contributed by atoms with Crippen LogP contribution in [0.15, 0.2) is 12.2 Å². The molecule has 0 heterocycles. The SMILES string of the molecule is CCCCCCC/C=C\CCCCCCCC(=O)OC[C@H](COP(=O)(O)OCCN)OC(=O)CCCCCCCCCCCC. The molecule has 0 aromatic rings. The van der Waals surface area contributed by atoms with Gasteiger partial charge < -0.3 is 20.1 Å². The second-order valence-corrected chi connectivity index (χ2v) is 13.5. The maximum absolute atomic E-state index is 12.4. The predicted octanol–water partition coefficient (Wildman–Crippen LogP) is 9.49. The minimum absolute atomic E-state index is 0.0547. The van der Waals surface area contributed by atoms with E-state index in [1.165, 1.54) is 83.5 Å². The number of hydrogen-bond donors (Lipinski definition) is 2. The largest absolute Gasteiger partial charge is 0.472 e. The van der Waals surface area contributed by atoms with Crippen LogP contribution in [0.5, 0.6) is 0 Å². The smallest absolute Gasteiger partial charge is 0.462 e. The zero-order valence-electron chi connectivity index (χ0n) is 28.9. The third-order valence-electron chi connectivity index (χ3n) is 7.65. The molecule has 266 valence electrons. The molecule has 0 aromatic carbocycles. The van der Waals surface area contributed by atoms with Gasteiger partial charge in [0.05, 0.1) is 13.2 Å². The van der Waals surface area contributed by atoms with E-state index in [2.05, 4.69) is 26.0 Å². The Balaban J connectivity index is 4.23. The maximum Gasteiger partial charge on any atom is 0.472 e. The Bertz CT molecular complexity index is 764. The van der Waals surface area contributed by atoms with Crippen molar-refractivity contribution in [3.63, 3.8) is 0 Å². The van der Waals surface area contributed by atoms with Crippen molar-refractivity contribution >= 4 is 19.8 Å². The Labute approximate surface area is 275 Å². The lowest BCUT2D eigenvalue weighted by Gasteiger charge is -2.19. The van der Waals surface area contributed by atoms with Crippen LogP contribution in [0.25, 0.3) is 0 Å². The molecule has 0 aliphatic heterocycles. The summed E-state index contributed by atoms with van der Waals surface area (Å²) in [4.78, 5) is 34.6. The van der Waals surface area contributed by atoms with Gasteiger partial charge in [-0.15, -0.1) is 0 Å². The van der Waals surface area contributed by atoms with Gasteiger partial charge in [-0.1, -0.05) is 129 Å². The second-order valence-electron chi connectivity index (χ2n) is 12.1. The molecule has 45 heavy (non-hydrogen) atoms. The van der Waals surface area contributed by atoms with Crippen LogP contribution in [0.2, 0.25) is 0 Å². The summed E-state index contributed by atoms with van der Waals surface area (Å²) in [5.74, 6) is -0.837. The monoisotopic (exact) mass is 661 g/mol. The van der Waals surface area contributed by atoms with E-state index in [0.29, 0.717) is 6.42 Å². The van der Waals surface area contributed by atoms with Gasteiger partial charge in [0, 0.05) is 19.4 Å². The first kappa shape index (κ1) is 43.8.